The molecule has 2 fully saturated rings. The van der Waals surface area contributed by atoms with Crippen molar-refractivity contribution in [3.63, 3.8) is 0 Å². The van der Waals surface area contributed by atoms with Gasteiger partial charge >= 0.3 is 0 Å². The number of aliphatic hydroxyl groups is 1. The highest BCUT2D eigenvalue weighted by Crippen LogP contribution is 2.36. The zero-order valence-corrected chi connectivity index (χ0v) is 23.5. The number of ether oxygens (including phenoxy) is 1. The maximum atomic E-state index is 13.4. The van der Waals surface area contributed by atoms with Gasteiger partial charge in [-0.05, 0) is 57.0 Å². The molecule has 0 unspecified atom stereocenters. The molecule has 1 aliphatic heterocycles. The highest BCUT2D eigenvalue weighted by atomic mass is 16.7. The molecule has 3 atom stereocenters. The van der Waals surface area contributed by atoms with Crippen LogP contribution in [-0.4, -0.2) is 74.0 Å². The van der Waals surface area contributed by atoms with Crippen molar-refractivity contribution < 1.29 is 19.5 Å². The molecule has 2 N–H and O–H groups in total. The van der Waals surface area contributed by atoms with Gasteiger partial charge in [0.2, 0.25) is 0 Å². The Hall–Kier alpha value is -2.45. The van der Waals surface area contributed by atoms with Gasteiger partial charge in [0, 0.05) is 41.7 Å². The first-order valence-corrected chi connectivity index (χ1v) is 14.2. The van der Waals surface area contributed by atoms with Crippen LogP contribution in [0.5, 0.6) is 5.75 Å². The summed E-state index contributed by atoms with van der Waals surface area (Å²) in [6, 6.07) is 14.1. The maximum absolute atomic E-state index is 13.4. The second-order valence-corrected chi connectivity index (χ2v) is 11.1. The van der Waals surface area contributed by atoms with Gasteiger partial charge in [0.05, 0.1) is 20.3 Å². The van der Waals surface area contributed by atoms with Crippen LogP contribution in [0.25, 0.3) is 11.1 Å². The van der Waals surface area contributed by atoms with E-state index < -0.39 is 0 Å². The average molecular weight is 524 g/mol. The Balaban J connectivity index is 1.53. The molecule has 0 spiro atoms. The molecule has 2 aromatic carbocycles. The van der Waals surface area contributed by atoms with Crippen LogP contribution < -0.4 is 10.1 Å². The fourth-order valence-electron chi connectivity index (χ4n) is 6.07. The highest BCUT2D eigenvalue weighted by molar-refractivity contribution is 5.96. The first-order valence-electron chi connectivity index (χ1n) is 14.2. The quantitative estimate of drug-likeness (QED) is 0.443. The number of benzene rings is 2. The number of hydroxylamine groups is 2. The van der Waals surface area contributed by atoms with Crippen molar-refractivity contribution in [2.24, 2.45) is 11.8 Å². The van der Waals surface area contributed by atoms with Crippen LogP contribution in [0.4, 0.5) is 0 Å². The van der Waals surface area contributed by atoms with Gasteiger partial charge in [-0.2, -0.15) is 5.06 Å². The first-order chi connectivity index (χ1) is 18.4. The number of para-hydroxylation sites is 1. The van der Waals surface area contributed by atoms with E-state index in [1.165, 1.54) is 32.1 Å². The number of carbonyl (C=O) groups is 1. The third-order valence-electron chi connectivity index (χ3n) is 8.13. The van der Waals surface area contributed by atoms with E-state index in [1.807, 2.05) is 47.5 Å². The van der Waals surface area contributed by atoms with Crippen molar-refractivity contribution in [2.45, 2.75) is 64.1 Å². The van der Waals surface area contributed by atoms with E-state index in [2.05, 4.69) is 31.2 Å². The summed E-state index contributed by atoms with van der Waals surface area (Å²) in [5, 5.41) is 15.0. The lowest BCUT2D eigenvalue weighted by Crippen LogP contribution is -2.47. The molecule has 7 nitrogen and oxygen atoms in total. The summed E-state index contributed by atoms with van der Waals surface area (Å²) in [5.41, 5.74) is 3.56. The number of nitrogens with zero attached hydrogens (tertiary/aromatic N) is 2. The van der Waals surface area contributed by atoms with Gasteiger partial charge in [-0.25, -0.2) is 0 Å². The fourth-order valence-corrected chi connectivity index (χ4v) is 6.07. The van der Waals surface area contributed by atoms with Gasteiger partial charge in [-0.1, -0.05) is 56.5 Å². The largest absolute Gasteiger partial charge is 0.496 e. The summed E-state index contributed by atoms with van der Waals surface area (Å²) in [7, 11) is 5.83. The smallest absolute Gasteiger partial charge is 0.251 e. The molecule has 208 valence electrons. The van der Waals surface area contributed by atoms with Gasteiger partial charge in [0.15, 0.2) is 0 Å². The summed E-state index contributed by atoms with van der Waals surface area (Å²) in [5.74, 6) is 1.60. The molecular formula is C31H45N3O4. The molecule has 0 radical (unpaired) electrons. The number of likely N-dealkylation sites (N-methyl/N-ethyl adjacent to an activating group) is 1. The highest BCUT2D eigenvalue weighted by Gasteiger charge is 2.33. The number of hydrogen-bond acceptors (Lipinski definition) is 6. The predicted molar refractivity (Wildman–Crippen MR) is 151 cm³/mol. The molecule has 1 aliphatic carbocycles. The van der Waals surface area contributed by atoms with Crippen molar-refractivity contribution in [2.75, 3.05) is 40.9 Å². The molecule has 4 rings (SSSR count). The van der Waals surface area contributed by atoms with Crippen LogP contribution in [-0.2, 0) is 11.4 Å². The number of methoxy groups -OCH3 is 1. The van der Waals surface area contributed by atoms with Crippen molar-refractivity contribution in [1.29, 1.82) is 0 Å². The second kappa shape index (κ2) is 13.6. The van der Waals surface area contributed by atoms with E-state index >= 15 is 0 Å². The molecule has 1 saturated carbocycles. The van der Waals surface area contributed by atoms with Gasteiger partial charge in [0.25, 0.3) is 5.91 Å². The molecule has 1 heterocycles. The number of hydrogen-bond donors (Lipinski definition) is 2. The van der Waals surface area contributed by atoms with Crippen molar-refractivity contribution in [3.05, 3.63) is 53.6 Å². The molecule has 38 heavy (non-hydrogen) atoms. The first kappa shape index (κ1) is 28.6. The Kier molecular flexibility index (Phi) is 10.2. The van der Waals surface area contributed by atoms with Crippen LogP contribution >= 0.6 is 0 Å². The number of rotatable bonds is 11. The number of carbonyl (C=O) groups excluding carboxylic acids is 1. The number of amides is 1. The Morgan fingerprint density at radius 1 is 1.18 bits per heavy atom. The SMILES string of the molecule is CC[C@H]1CN(Cc2cccc(-c3cccc(C(=O)N[C@H](CN(C)C)C4CCCCC4)c3)c2OC)O[C@H]1CO. The number of nitrogens with one attached hydrogen (secondary N) is 1. The second-order valence-electron chi connectivity index (χ2n) is 11.1. The summed E-state index contributed by atoms with van der Waals surface area (Å²) >= 11 is 0. The Bertz CT molecular complexity index is 1040. The van der Waals surface area contributed by atoms with Crippen LogP contribution in [0.1, 0.15) is 61.4 Å². The van der Waals surface area contributed by atoms with E-state index in [9.17, 15) is 9.90 Å². The average Bonchev–Trinajstić information content (AvgIpc) is 3.34. The zero-order chi connectivity index (χ0) is 27.1. The molecule has 1 saturated heterocycles. The normalized spacial score (nSPS) is 21.5. The van der Waals surface area contributed by atoms with Crippen LogP contribution in [0.3, 0.4) is 0 Å². The third-order valence-corrected chi connectivity index (χ3v) is 8.13. The van der Waals surface area contributed by atoms with Gasteiger partial charge < -0.3 is 20.1 Å². The lowest BCUT2D eigenvalue weighted by molar-refractivity contribution is -0.163. The minimum atomic E-state index is -0.158. The third kappa shape index (κ3) is 6.94. The van der Waals surface area contributed by atoms with E-state index in [-0.39, 0.29) is 24.7 Å². The lowest BCUT2D eigenvalue weighted by atomic mass is 9.83. The standard InChI is InChI=1S/C31H45N3O4/c1-5-22-18-34(38-29(22)21-35)19-26-15-10-16-27(30(26)37-4)24-13-9-14-25(17-24)31(36)32-28(20-33(2)3)23-11-7-6-8-12-23/h9-10,13-17,22-23,28-29,35H,5-8,11-12,18-21H2,1-4H3,(H,32,36)/t22-,28+,29-/m0/s1. The van der Waals surface area contributed by atoms with Crippen molar-refractivity contribution in [3.8, 4) is 16.9 Å². The molecule has 7 heteroatoms. The van der Waals surface area contributed by atoms with Crippen LogP contribution in [0, 0.1) is 11.8 Å². The van der Waals surface area contributed by atoms with Gasteiger partial charge in [0.1, 0.15) is 11.9 Å². The minimum absolute atomic E-state index is 0.0227. The molecule has 2 aromatic rings. The zero-order valence-electron chi connectivity index (χ0n) is 23.5. The molecular weight excluding hydrogens is 478 g/mol. The van der Waals surface area contributed by atoms with Crippen molar-refractivity contribution in [1.82, 2.24) is 15.3 Å². The van der Waals surface area contributed by atoms with E-state index in [1.54, 1.807) is 7.11 Å². The van der Waals surface area contributed by atoms with Crippen molar-refractivity contribution >= 4 is 5.91 Å². The summed E-state index contributed by atoms with van der Waals surface area (Å²) in [4.78, 5) is 21.6. The molecule has 2 aliphatic rings. The molecule has 0 aromatic heterocycles. The summed E-state index contributed by atoms with van der Waals surface area (Å²) in [6.07, 6.45) is 6.96. The van der Waals surface area contributed by atoms with E-state index in [0.29, 0.717) is 23.9 Å². The summed E-state index contributed by atoms with van der Waals surface area (Å²) in [6.45, 7) is 4.35. The van der Waals surface area contributed by atoms with E-state index in [0.717, 1.165) is 42.0 Å². The predicted octanol–water partition coefficient (Wildman–Crippen LogP) is 4.74. The fraction of sp³-hybridized carbons (Fsp3) is 0.581. The Morgan fingerprint density at radius 3 is 2.61 bits per heavy atom. The maximum Gasteiger partial charge on any atom is 0.251 e. The molecule has 1 amide bonds. The topological polar surface area (TPSA) is 74.3 Å². The lowest BCUT2D eigenvalue weighted by Gasteiger charge is -2.32. The Labute approximate surface area is 228 Å². The Morgan fingerprint density at radius 2 is 1.95 bits per heavy atom. The summed E-state index contributed by atoms with van der Waals surface area (Å²) < 4.78 is 5.90. The monoisotopic (exact) mass is 523 g/mol. The minimum Gasteiger partial charge on any atom is -0.496 e. The molecule has 0 bridgehead atoms. The van der Waals surface area contributed by atoms with Gasteiger partial charge in [-0.3, -0.25) is 9.63 Å². The van der Waals surface area contributed by atoms with Crippen LogP contribution in [0.15, 0.2) is 42.5 Å². The number of aliphatic hydroxyl groups excluding tert-OH is 1. The van der Waals surface area contributed by atoms with E-state index in [4.69, 9.17) is 9.57 Å². The van der Waals surface area contributed by atoms with Crippen LogP contribution in [0.2, 0.25) is 0 Å². The van der Waals surface area contributed by atoms with Gasteiger partial charge in [-0.15, -0.1) is 0 Å².